The zero-order valence-corrected chi connectivity index (χ0v) is 19.6. The minimum Gasteiger partial charge on any atom is -0.399 e. The van der Waals surface area contributed by atoms with Crippen LogP contribution in [0.25, 0.3) is 43.4 Å². The summed E-state index contributed by atoms with van der Waals surface area (Å²) in [5, 5.41) is 7.30. The molecule has 1 aliphatic rings. The molecule has 0 spiro atoms. The van der Waals surface area contributed by atoms with E-state index in [1.165, 1.54) is 43.4 Å². The SMILES string of the molecule is CC1(C)OB(c2c3ccccc3c(-c3ccc4ccccc4c3)c3ccccc23)OC1(C)C. The van der Waals surface area contributed by atoms with Crippen LogP contribution in [-0.2, 0) is 9.31 Å². The number of hydrogen-bond acceptors (Lipinski definition) is 2. The third-order valence-electron chi connectivity index (χ3n) is 7.50. The van der Waals surface area contributed by atoms with Crippen molar-refractivity contribution in [2.75, 3.05) is 0 Å². The Bertz CT molecular complexity index is 1460. The first-order valence-corrected chi connectivity index (χ1v) is 11.6. The third-order valence-corrected chi connectivity index (χ3v) is 7.50. The van der Waals surface area contributed by atoms with Gasteiger partial charge in [-0.3, -0.25) is 0 Å². The van der Waals surface area contributed by atoms with Gasteiger partial charge >= 0.3 is 7.12 Å². The molecule has 0 aliphatic carbocycles. The number of fused-ring (bicyclic) bond motifs is 3. The molecule has 1 saturated heterocycles. The second kappa shape index (κ2) is 7.18. The summed E-state index contributed by atoms with van der Waals surface area (Å²) >= 11 is 0. The molecule has 5 aromatic rings. The molecule has 0 radical (unpaired) electrons. The van der Waals surface area contributed by atoms with Crippen LogP contribution in [-0.4, -0.2) is 18.3 Å². The first-order chi connectivity index (χ1) is 15.9. The lowest BCUT2D eigenvalue weighted by Gasteiger charge is -2.32. The van der Waals surface area contributed by atoms with Gasteiger partial charge in [0.2, 0.25) is 0 Å². The van der Waals surface area contributed by atoms with Crippen LogP contribution < -0.4 is 5.46 Å². The smallest absolute Gasteiger partial charge is 0.399 e. The van der Waals surface area contributed by atoms with Crippen LogP contribution in [0.3, 0.4) is 0 Å². The predicted octanol–water partition coefficient (Wildman–Crippen LogP) is 7.11. The van der Waals surface area contributed by atoms with Gasteiger partial charge in [0.05, 0.1) is 11.2 Å². The Hall–Kier alpha value is -3.14. The van der Waals surface area contributed by atoms with Crippen molar-refractivity contribution in [3.05, 3.63) is 91.0 Å². The predicted molar refractivity (Wildman–Crippen MR) is 140 cm³/mol. The van der Waals surface area contributed by atoms with Crippen molar-refractivity contribution in [2.45, 2.75) is 38.9 Å². The van der Waals surface area contributed by atoms with Gasteiger partial charge in [0.15, 0.2) is 0 Å². The fourth-order valence-electron chi connectivity index (χ4n) is 5.03. The van der Waals surface area contributed by atoms with Gasteiger partial charge in [0.25, 0.3) is 0 Å². The molecule has 0 amide bonds. The number of benzene rings is 5. The molecule has 1 aliphatic heterocycles. The van der Waals surface area contributed by atoms with Crippen molar-refractivity contribution in [1.82, 2.24) is 0 Å². The molecule has 2 nitrogen and oxygen atoms in total. The van der Waals surface area contributed by atoms with Crippen LogP contribution in [0.15, 0.2) is 91.0 Å². The highest BCUT2D eigenvalue weighted by molar-refractivity contribution is 6.68. The van der Waals surface area contributed by atoms with Crippen molar-refractivity contribution in [3.8, 4) is 11.1 Å². The highest BCUT2D eigenvalue weighted by Crippen LogP contribution is 2.41. The van der Waals surface area contributed by atoms with E-state index in [0.29, 0.717) is 0 Å². The van der Waals surface area contributed by atoms with E-state index in [9.17, 15) is 0 Å². The standard InChI is InChI=1S/C30H27BO2/c1-29(2)30(3,4)33-31(32-29)28-25-15-9-7-13-23(25)27(24-14-8-10-16-26(24)28)22-18-17-20-11-5-6-12-21(20)19-22/h5-19H,1-4H3. The molecule has 6 rings (SSSR count). The molecule has 162 valence electrons. The van der Waals surface area contributed by atoms with Crippen molar-refractivity contribution in [1.29, 1.82) is 0 Å². The van der Waals surface area contributed by atoms with E-state index in [1.54, 1.807) is 0 Å². The lowest BCUT2D eigenvalue weighted by molar-refractivity contribution is 0.00578. The molecular weight excluding hydrogens is 403 g/mol. The lowest BCUT2D eigenvalue weighted by Crippen LogP contribution is -2.41. The summed E-state index contributed by atoms with van der Waals surface area (Å²) in [5.74, 6) is 0. The summed E-state index contributed by atoms with van der Waals surface area (Å²) in [6.07, 6.45) is 0. The van der Waals surface area contributed by atoms with Crippen LogP contribution in [0.1, 0.15) is 27.7 Å². The second-order valence-electron chi connectivity index (χ2n) is 10.0. The quantitative estimate of drug-likeness (QED) is 0.219. The second-order valence-corrected chi connectivity index (χ2v) is 10.0. The maximum atomic E-state index is 6.55. The maximum absolute atomic E-state index is 6.55. The van der Waals surface area contributed by atoms with E-state index in [1.807, 2.05) is 0 Å². The molecular formula is C30H27BO2. The van der Waals surface area contributed by atoms with Gasteiger partial charge in [-0.15, -0.1) is 0 Å². The highest BCUT2D eigenvalue weighted by atomic mass is 16.7. The summed E-state index contributed by atoms with van der Waals surface area (Å²) in [4.78, 5) is 0. The molecule has 0 aromatic heterocycles. The average molecular weight is 430 g/mol. The topological polar surface area (TPSA) is 18.5 Å². The minimum atomic E-state index is -0.421. The summed E-state index contributed by atoms with van der Waals surface area (Å²) in [6.45, 7) is 8.45. The molecule has 0 N–H and O–H groups in total. The van der Waals surface area contributed by atoms with E-state index >= 15 is 0 Å². The third kappa shape index (κ3) is 3.11. The molecule has 0 bridgehead atoms. The van der Waals surface area contributed by atoms with Crippen molar-refractivity contribution >= 4 is 44.9 Å². The van der Waals surface area contributed by atoms with Crippen LogP contribution in [0.5, 0.6) is 0 Å². The van der Waals surface area contributed by atoms with Crippen LogP contribution in [0.2, 0.25) is 0 Å². The Kier molecular flexibility index (Phi) is 4.45. The monoisotopic (exact) mass is 430 g/mol. The fourth-order valence-corrected chi connectivity index (χ4v) is 5.03. The molecule has 0 saturated carbocycles. The maximum Gasteiger partial charge on any atom is 0.496 e. The van der Waals surface area contributed by atoms with Gasteiger partial charge in [-0.05, 0) is 82.7 Å². The molecule has 1 fully saturated rings. The molecule has 3 heteroatoms. The van der Waals surface area contributed by atoms with Gasteiger partial charge in [-0.2, -0.15) is 0 Å². The van der Waals surface area contributed by atoms with Gasteiger partial charge in [-0.25, -0.2) is 0 Å². The molecule has 33 heavy (non-hydrogen) atoms. The highest BCUT2D eigenvalue weighted by Gasteiger charge is 2.52. The van der Waals surface area contributed by atoms with Gasteiger partial charge in [0.1, 0.15) is 0 Å². The molecule has 0 atom stereocenters. The summed E-state index contributed by atoms with van der Waals surface area (Å²) in [5.41, 5.74) is 2.81. The van der Waals surface area contributed by atoms with Gasteiger partial charge < -0.3 is 9.31 Å². The summed E-state index contributed by atoms with van der Waals surface area (Å²) in [6, 6.07) is 32.6. The Morgan fingerprint density at radius 1 is 0.545 bits per heavy atom. The summed E-state index contributed by atoms with van der Waals surface area (Å²) in [7, 11) is -0.421. The number of rotatable bonds is 2. The summed E-state index contributed by atoms with van der Waals surface area (Å²) < 4.78 is 13.1. The van der Waals surface area contributed by atoms with E-state index in [-0.39, 0.29) is 0 Å². The zero-order valence-electron chi connectivity index (χ0n) is 19.6. The van der Waals surface area contributed by atoms with Crippen molar-refractivity contribution in [2.24, 2.45) is 0 Å². The van der Waals surface area contributed by atoms with E-state index in [2.05, 4.69) is 119 Å². The first kappa shape index (κ1) is 20.5. The van der Waals surface area contributed by atoms with Gasteiger partial charge in [-0.1, -0.05) is 84.9 Å². The number of hydrogen-bond donors (Lipinski definition) is 0. The van der Waals surface area contributed by atoms with E-state index < -0.39 is 18.3 Å². The largest absolute Gasteiger partial charge is 0.496 e. The van der Waals surface area contributed by atoms with E-state index in [4.69, 9.17) is 9.31 Å². The fraction of sp³-hybridized carbons (Fsp3) is 0.200. The van der Waals surface area contributed by atoms with Crippen LogP contribution in [0, 0.1) is 0 Å². The molecule has 5 aromatic carbocycles. The molecule has 0 unspecified atom stereocenters. The minimum absolute atomic E-state index is 0.392. The Morgan fingerprint density at radius 2 is 1.03 bits per heavy atom. The zero-order chi connectivity index (χ0) is 22.8. The normalized spacial score (nSPS) is 17.3. The Morgan fingerprint density at radius 3 is 1.61 bits per heavy atom. The van der Waals surface area contributed by atoms with Gasteiger partial charge in [0, 0.05) is 0 Å². The first-order valence-electron chi connectivity index (χ1n) is 11.6. The lowest BCUT2D eigenvalue weighted by atomic mass is 9.71. The van der Waals surface area contributed by atoms with Crippen molar-refractivity contribution < 1.29 is 9.31 Å². The van der Waals surface area contributed by atoms with E-state index in [0.717, 1.165) is 5.46 Å². The van der Waals surface area contributed by atoms with Crippen molar-refractivity contribution in [3.63, 3.8) is 0 Å². The van der Waals surface area contributed by atoms with Crippen LogP contribution >= 0.6 is 0 Å². The Labute approximate surface area is 195 Å². The Balaban J connectivity index is 1.68. The molecule has 1 heterocycles. The average Bonchev–Trinajstić information content (AvgIpc) is 3.03. The van der Waals surface area contributed by atoms with Crippen LogP contribution in [0.4, 0.5) is 0 Å².